The summed E-state index contributed by atoms with van der Waals surface area (Å²) >= 11 is 6.28. The minimum absolute atomic E-state index is 0.0106. The number of ether oxygens (including phenoxy) is 1. The van der Waals surface area contributed by atoms with E-state index in [0.717, 1.165) is 16.9 Å². The van der Waals surface area contributed by atoms with Gasteiger partial charge in [0.1, 0.15) is 11.3 Å². The number of halogens is 1. The third-order valence-corrected chi connectivity index (χ3v) is 4.86. The number of urea groups is 1. The molecule has 0 saturated carbocycles. The molecule has 0 aromatic heterocycles. The van der Waals surface area contributed by atoms with Gasteiger partial charge in [-0.2, -0.15) is 0 Å². The van der Waals surface area contributed by atoms with Crippen molar-refractivity contribution in [1.82, 2.24) is 5.32 Å². The Labute approximate surface area is 174 Å². The van der Waals surface area contributed by atoms with E-state index in [1.54, 1.807) is 42.5 Å². The Bertz CT molecular complexity index is 998. The summed E-state index contributed by atoms with van der Waals surface area (Å²) in [6.07, 6.45) is 2.25. The Kier molecular flexibility index (Phi) is 6.03. The number of carbonyl (C=O) groups excluding carboxylic acids is 3. The third kappa shape index (κ3) is 4.49. The first-order valence-corrected chi connectivity index (χ1v) is 9.62. The zero-order chi connectivity index (χ0) is 21.1. The Morgan fingerprint density at radius 1 is 1.14 bits per heavy atom. The number of benzene rings is 2. The highest BCUT2D eigenvalue weighted by Gasteiger charge is 2.36. The zero-order valence-corrected chi connectivity index (χ0v) is 17.1. The van der Waals surface area contributed by atoms with Crippen molar-refractivity contribution in [3.05, 3.63) is 64.2 Å². The fourth-order valence-electron chi connectivity index (χ4n) is 2.75. The van der Waals surface area contributed by atoms with Gasteiger partial charge in [0.15, 0.2) is 0 Å². The number of rotatable bonds is 5. The molecule has 0 radical (unpaired) electrons. The lowest BCUT2D eigenvalue weighted by molar-refractivity contribution is -0.122. The van der Waals surface area contributed by atoms with Crippen LogP contribution in [0.2, 0.25) is 5.02 Å². The van der Waals surface area contributed by atoms with E-state index < -0.39 is 17.8 Å². The highest BCUT2D eigenvalue weighted by Crippen LogP contribution is 2.29. The van der Waals surface area contributed by atoms with Crippen LogP contribution in [0.15, 0.2) is 48.0 Å². The molecule has 29 heavy (non-hydrogen) atoms. The lowest BCUT2D eigenvalue weighted by atomic mass is 10.1. The summed E-state index contributed by atoms with van der Waals surface area (Å²) < 4.78 is 5.73. The molecule has 4 amide bonds. The first kappa shape index (κ1) is 20.6. The van der Waals surface area contributed by atoms with Crippen molar-refractivity contribution in [2.75, 3.05) is 4.90 Å². The topological polar surface area (TPSA) is 75.7 Å². The minimum Gasteiger partial charge on any atom is -0.489 e. The molecule has 150 valence electrons. The predicted octanol–water partition coefficient (Wildman–Crippen LogP) is 4.49. The second-order valence-corrected chi connectivity index (χ2v) is 7.23. The summed E-state index contributed by atoms with van der Waals surface area (Å²) in [5.74, 6) is -0.919. The fraction of sp³-hybridized carbons (Fsp3) is 0.227. The molecule has 1 unspecified atom stereocenters. The number of imide groups is 2. The molecule has 1 aliphatic heterocycles. The molecule has 0 spiro atoms. The van der Waals surface area contributed by atoms with Crippen molar-refractivity contribution in [2.24, 2.45) is 0 Å². The van der Waals surface area contributed by atoms with Crippen LogP contribution < -0.4 is 15.0 Å². The summed E-state index contributed by atoms with van der Waals surface area (Å²) in [6.45, 7) is 5.84. The van der Waals surface area contributed by atoms with Crippen LogP contribution in [-0.2, 0) is 9.59 Å². The van der Waals surface area contributed by atoms with E-state index in [4.69, 9.17) is 16.3 Å². The van der Waals surface area contributed by atoms with Crippen molar-refractivity contribution in [3.63, 3.8) is 0 Å². The number of barbiturate groups is 1. The van der Waals surface area contributed by atoms with Crippen molar-refractivity contribution < 1.29 is 19.1 Å². The van der Waals surface area contributed by atoms with Crippen molar-refractivity contribution in [3.8, 4) is 5.75 Å². The predicted molar refractivity (Wildman–Crippen MR) is 112 cm³/mol. The quantitative estimate of drug-likeness (QED) is 0.579. The molecule has 1 N–H and O–H groups in total. The molecule has 3 rings (SSSR count). The highest BCUT2D eigenvalue weighted by molar-refractivity contribution is 6.39. The second kappa shape index (κ2) is 8.49. The minimum atomic E-state index is -0.781. The maximum atomic E-state index is 12.9. The maximum Gasteiger partial charge on any atom is 0.335 e. The molecule has 0 aliphatic carbocycles. The summed E-state index contributed by atoms with van der Waals surface area (Å²) in [5, 5.41) is 2.57. The molecule has 7 heteroatoms. The average molecular weight is 413 g/mol. The Morgan fingerprint density at radius 2 is 1.83 bits per heavy atom. The van der Waals surface area contributed by atoms with Crippen molar-refractivity contribution in [1.29, 1.82) is 0 Å². The lowest BCUT2D eigenvalue weighted by Gasteiger charge is -2.26. The molecule has 6 nitrogen and oxygen atoms in total. The van der Waals surface area contributed by atoms with Crippen LogP contribution >= 0.6 is 11.6 Å². The third-order valence-electron chi connectivity index (χ3n) is 4.56. The molecule has 2 aromatic rings. The van der Waals surface area contributed by atoms with Gasteiger partial charge < -0.3 is 4.74 Å². The number of nitrogens with one attached hydrogen (secondary N) is 1. The van der Waals surface area contributed by atoms with Crippen LogP contribution in [0.5, 0.6) is 5.75 Å². The molecular formula is C22H21ClN2O4. The van der Waals surface area contributed by atoms with Gasteiger partial charge in [0, 0.05) is 0 Å². The first-order chi connectivity index (χ1) is 13.8. The Hall–Kier alpha value is -3.12. The smallest absolute Gasteiger partial charge is 0.335 e. The molecule has 1 heterocycles. The summed E-state index contributed by atoms with van der Waals surface area (Å²) in [4.78, 5) is 38.3. The highest BCUT2D eigenvalue weighted by atomic mass is 35.5. The van der Waals surface area contributed by atoms with E-state index in [1.165, 1.54) is 6.08 Å². The monoisotopic (exact) mass is 412 g/mol. The van der Waals surface area contributed by atoms with Gasteiger partial charge in [0.2, 0.25) is 0 Å². The SMILES string of the molecule is CCC(C)Oc1ccc(C=C2C(=O)NC(=O)N(c3ccc(C)cc3)C2=O)cc1Cl. The van der Waals surface area contributed by atoms with E-state index in [1.807, 2.05) is 20.8 Å². The first-order valence-electron chi connectivity index (χ1n) is 9.24. The standard InChI is InChI=1S/C22H21ClN2O4/c1-4-14(3)29-19-10-7-15(12-18(19)23)11-17-20(26)24-22(28)25(21(17)27)16-8-5-13(2)6-9-16/h5-12,14H,4H2,1-3H3,(H,24,26,28). The van der Waals surface area contributed by atoms with Crippen LogP contribution in [0.1, 0.15) is 31.4 Å². The number of amides is 4. The number of aryl methyl sites for hydroxylation is 1. The fourth-order valence-corrected chi connectivity index (χ4v) is 2.99. The summed E-state index contributed by atoms with van der Waals surface area (Å²) in [5.41, 5.74) is 1.76. The zero-order valence-electron chi connectivity index (χ0n) is 16.4. The molecule has 0 bridgehead atoms. The van der Waals surface area contributed by atoms with Crippen LogP contribution in [-0.4, -0.2) is 23.9 Å². The van der Waals surface area contributed by atoms with Gasteiger partial charge in [-0.15, -0.1) is 0 Å². The number of carbonyl (C=O) groups is 3. The largest absolute Gasteiger partial charge is 0.489 e. The maximum absolute atomic E-state index is 12.9. The normalized spacial score (nSPS) is 16.8. The molecule has 1 fully saturated rings. The Morgan fingerprint density at radius 3 is 2.45 bits per heavy atom. The number of hydrogen-bond acceptors (Lipinski definition) is 4. The van der Waals surface area contributed by atoms with Gasteiger partial charge in [-0.3, -0.25) is 14.9 Å². The Balaban J connectivity index is 1.92. The van der Waals surface area contributed by atoms with E-state index in [2.05, 4.69) is 5.32 Å². The molecule has 2 aromatic carbocycles. The number of nitrogens with zero attached hydrogens (tertiary/aromatic N) is 1. The van der Waals surface area contributed by atoms with E-state index >= 15 is 0 Å². The lowest BCUT2D eigenvalue weighted by Crippen LogP contribution is -2.54. The second-order valence-electron chi connectivity index (χ2n) is 6.82. The van der Waals surface area contributed by atoms with E-state index in [0.29, 0.717) is 22.0 Å². The van der Waals surface area contributed by atoms with Crippen LogP contribution in [0.25, 0.3) is 6.08 Å². The number of hydrogen-bond donors (Lipinski definition) is 1. The molecule has 1 saturated heterocycles. The van der Waals surface area contributed by atoms with E-state index in [-0.39, 0.29) is 11.7 Å². The van der Waals surface area contributed by atoms with Gasteiger partial charge in [0.05, 0.1) is 16.8 Å². The van der Waals surface area contributed by atoms with Gasteiger partial charge in [0.25, 0.3) is 11.8 Å². The van der Waals surface area contributed by atoms with Gasteiger partial charge >= 0.3 is 6.03 Å². The van der Waals surface area contributed by atoms with E-state index in [9.17, 15) is 14.4 Å². The average Bonchev–Trinajstić information content (AvgIpc) is 2.68. The van der Waals surface area contributed by atoms with Crippen molar-refractivity contribution >= 4 is 41.2 Å². The van der Waals surface area contributed by atoms with Crippen molar-refractivity contribution in [2.45, 2.75) is 33.3 Å². The van der Waals surface area contributed by atoms with Gasteiger partial charge in [-0.05, 0) is 56.2 Å². The molecule has 1 atom stereocenters. The van der Waals surface area contributed by atoms with Gasteiger partial charge in [-0.1, -0.05) is 42.3 Å². The molecule has 1 aliphatic rings. The summed E-state index contributed by atoms with van der Waals surface area (Å²) in [6, 6.07) is 11.1. The van der Waals surface area contributed by atoms with Crippen LogP contribution in [0.3, 0.4) is 0 Å². The molecular weight excluding hydrogens is 392 g/mol. The van der Waals surface area contributed by atoms with Crippen LogP contribution in [0.4, 0.5) is 10.5 Å². The van der Waals surface area contributed by atoms with Crippen LogP contribution in [0, 0.1) is 6.92 Å². The summed E-state index contributed by atoms with van der Waals surface area (Å²) in [7, 11) is 0. The number of anilines is 1. The van der Waals surface area contributed by atoms with Gasteiger partial charge in [-0.25, -0.2) is 9.69 Å².